The second kappa shape index (κ2) is 10.3. The van der Waals surface area contributed by atoms with E-state index in [0.29, 0.717) is 0 Å². The van der Waals surface area contributed by atoms with E-state index in [0.717, 1.165) is 26.1 Å². The third-order valence-corrected chi connectivity index (χ3v) is 23.4. The van der Waals surface area contributed by atoms with Crippen molar-refractivity contribution in [3.8, 4) is 0 Å². The first-order valence-electron chi connectivity index (χ1n) is 13.0. The van der Waals surface area contributed by atoms with Gasteiger partial charge in [-0.05, 0) is 49.1 Å². The van der Waals surface area contributed by atoms with Crippen molar-refractivity contribution in [3.63, 3.8) is 0 Å². The molecule has 0 aliphatic heterocycles. The Balaban J connectivity index is 3.29. The third-order valence-electron chi connectivity index (χ3n) is 9.29. The van der Waals surface area contributed by atoms with E-state index in [1.54, 1.807) is 0 Å². The summed E-state index contributed by atoms with van der Waals surface area (Å²) in [5, 5.41) is 0.439. The van der Waals surface area contributed by atoms with E-state index in [-0.39, 0.29) is 15.5 Å². The van der Waals surface area contributed by atoms with Crippen LogP contribution in [0.15, 0.2) is 23.4 Å². The molecule has 0 aromatic rings. The summed E-state index contributed by atoms with van der Waals surface area (Å²) in [5.74, 6) is 0. The molecule has 0 atom stereocenters. The Bertz CT molecular complexity index is 636. The van der Waals surface area contributed by atoms with Gasteiger partial charge in [0.15, 0.2) is 16.6 Å². The molecule has 0 bridgehead atoms. The van der Waals surface area contributed by atoms with Crippen molar-refractivity contribution in [2.45, 2.75) is 130 Å². The van der Waals surface area contributed by atoms with Gasteiger partial charge in [-0.15, -0.1) is 0 Å². The Morgan fingerprint density at radius 1 is 0.781 bits per heavy atom. The summed E-state index contributed by atoms with van der Waals surface area (Å²) in [6, 6.07) is 3.97. The first-order valence-corrected chi connectivity index (χ1v) is 21.5. The standard InChI is InChI=1S/C27H56O2Si3/c1-15-32(16-2,17-3)20-24-19-27(18-23(24)4,21-28-30(11,12)25(5,6)7)22-29-31(13,14)26(8,9)10/h20H,4,15-19,21-22H2,1-3,5-14H3/b24-20+. The average Bonchev–Trinajstić information content (AvgIpc) is 2.97. The molecule has 32 heavy (non-hydrogen) atoms. The summed E-state index contributed by atoms with van der Waals surface area (Å²) in [5.41, 5.74) is 5.62. The number of hydrogen-bond donors (Lipinski definition) is 0. The largest absolute Gasteiger partial charge is 0.416 e. The number of rotatable bonds is 10. The van der Waals surface area contributed by atoms with Crippen molar-refractivity contribution >= 4 is 24.7 Å². The molecule has 0 amide bonds. The predicted molar refractivity (Wildman–Crippen MR) is 152 cm³/mol. The summed E-state index contributed by atoms with van der Waals surface area (Å²) in [6.45, 7) is 36.8. The van der Waals surface area contributed by atoms with Crippen molar-refractivity contribution in [1.29, 1.82) is 0 Å². The molecule has 2 nitrogen and oxygen atoms in total. The maximum atomic E-state index is 6.86. The fourth-order valence-electron chi connectivity index (χ4n) is 4.08. The fourth-order valence-corrected chi connectivity index (χ4v) is 9.44. The minimum atomic E-state index is -1.83. The van der Waals surface area contributed by atoms with Crippen LogP contribution in [0, 0.1) is 5.41 Å². The van der Waals surface area contributed by atoms with E-state index >= 15 is 0 Å². The zero-order valence-corrected chi connectivity index (χ0v) is 27.1. The van der Waals surface area contributed by atoms with E-state index in [9.17, 15) is 0 Å². The van der Waals surface area contributed by atoms with Crippen molar-refractivity contribution in [3.05, 3.63) is 23.4 Å². The van der Waals surface area contributed by atoms with Gasteiger partial charge in [-0.2, -0.15) is 0 Å². The Kier molecular flexibility index (Phi) is 9.73. The Hall–Kier alpha value is 0.0506. The van der Waals surface area contributed by atoms with Gasteiger partial charge in [-0.25, -0.2) is 0 Å². The van der Waals surface area contributed by atoms with Crippen molar-refractivity contribution in [2.75, 3.05) is 13.2 Å². The molecule has 0 N–H and O–H groups in total. The van der Waals surface area contributed by atoms with Gasteiger partial charge in [0.1, 0.15) is 0 Å². The number of hydrogen-bond acceptors (Lipinski definition) is 2. The summed E-state index contributed by atoms with van der Waals surface area (Å²) in [7, 11) is -5.01. The molecule has 188 valence electrons. The lowest BCUT2D eigenvalue weighted by atomic mass is 9.88. The van der Waals surface area contributed by atoms with Crippen molar-refractivity contribution in [1.82, 2.24) is 0 Å². The van der Waals surface area contributed by atoms with Gasteiger partial charge >= 0.3 is 0 Å². The summed E-state index contributed by atoms with van der Waals surface area (Å²) < 4.78 is 13.7. The minimum Gasteiger partial charge on any atom is -0.416 e. The first kappa shape index (κ1) is 30.1. The minimum absolute atomic E-state index is 0.0311. The van der Waals surface area contributed by atoms with Crippen LogP contribution in [0.2, 0.25) is 54.4 Å². The van der Waals surface area contributed by atoms with Gasteiger partial charge in [0, 0.05) is 18.6 Å². The highest BCUT2D eigenvalue weighted by Gasteiger charge is 2.46. The summed E-state index contributed by atoms with van der Waals surface area (Å²) >= 11 is 0. The SMILES string of the molecule is C=C1CC(CO[Si](C)(C)C(C)(C)C)(CO[Si](C)(C)C(C)(C)C)C/C1=C\[Si](CC)(CC)CC. The monoisotopic (exact) mass is 496 g/mol. The molecule has 1 saturated carbocycles. The molecule has 1 fully saturated rings. The Morgan fingerprint density at radius 3 is 1.47 bits per heavy atom. The first-order chi connectivity index (χ1) is 14.3. The van der Waals surface area contributed by atoms with Crippen LogP contribution >= 0.6 is 0 Å². The van der Waals surface area contributed by atoms with E-state index in [1.165, 1.54) is 29.3 Å². The van der Waals surface area contributed by atoms with Crippen LogP contribution in [0.5, 0.6) is 0 Å². The zero-order chi connectivity index (χ0) is 25.2. The second-order valence-corrected chi connectivity index (χ2v) is 28.4. The average molecular weight is 497 g/mol. The molecule has 0 radical (unpaired) electrons. The van der Waals surface area contributed by atoms with Gasteiger partial charge < -0.3 is 8.85 Å². The summed E-state index contributed by atoms with van der Waals surface area (Å²) in [6.07, 6.45) is 2.09. The molecular weight excluding hydrogens is 441 g/mol. The number of allylic oxidation sites excluding steroid dienone is 2. The molecule has 0 spiro atoms. The van der Waals surface area contributed by atoms with Crippen molar-refractivity contribution < 1.29 is 8.85 Å². The van der Waals surface area contributed by atoms with E-state index in [1.807, 2.05) is 0 Å². The fraction of sp³-hybridized carbons (Fsp3) is 0.852. The van der Waals surface area contributed by atoms with Gasteiger partial charge in [0.25, 0.3) is 0 Å². The predicted octanol–water partition coefficient (Wildman–Crippen LogP) is 9.34. The highest BCUT2D eigenvalue weighted by Crippen LogP contribution is 2.49. The molecule has 1 rings (SSSR count). The molecule has 1 aliphatic rings. The molecular formula is C27H56O2Si3. The van der Waals surface area contributed by atoms with Gasteiger partial charge in [0.2, 0.25) is 0 Å². The van der Waals surface area contributed by atoms with E-state index in [4.69, 9.17) is 8.85 Å². The Labute approximate surface area is 204 Å². The molecule has 0 saturated heterocycles. The van der Waals surface area contributed by atoms with Crippen LogP contribution in [0.25, 0.3) is 0 Å². The van der Waals surface area contributed by atoms with Crippen molar-refractivity contribution in [2.24, 2.45) is 5.41 Å². The highest BCUT2D eigenvalue weighted by atomic mass is 28.4. The summed E-state index contributed by atoms with van der Waals surface area (Å²) in [4.78, 5) is 0. The van der Waals surface area contributed by atoms with Crippen LogP contribution in [0.3, 0.4) is 0 Å². The lowest BCUT2D eigenvalue weighted by Crippen LogP contribution is -2.47. The van der Waals surface area contributed by atoms with E-state index in [2.05, 4.69) is 101 Å². The molecule has 0 aromatic carbocycles. The lowest BCUT2D eigenvalue weighted by molar-refractivity contribution is 0.0759. The highest BCUT2D eigenvalue weighted by molar-refractivity contribution is 6.84. The van der Waals surface area contributed by atoms with Crippen LogP contribution < -0.4 is 0 Å². The van der Waals surface area contributed by atoms with E-state index < -0.39 is 24.7 Å². The topological polar surface area (TPSA) is 18.5 Å². The molecule has 1 aliphatic carbocycles. The van der Waals surface area contributed by atoms with Crippen LogP contribution in [-0.4, -0.2) is 37.9 Å². The molecule has 5 heteroatoms. The maximum Gasteiger partial charge on any atom is 0.192 e. The Morgan fingerprint density at radius 2 is 1.16 bits per heavy atom. The van der Waals surface area contributed by atoms with Crippen LogP contribution in [-0.2, 0) is 8.85 Å². The van der Waals surface area contributed by atoms with Gasteiger partial charge in [-0.3, -0.25) is 0 Å². The lowest BCUT2D eigenvalue weighted by Gasteiger charge is -2.42. The zero-order valence-electron chi connectivity index (χ0n) is 24.1. The molecule has 0 heterocycles. The van der Waals surface area contributed by atoms with Crippen LogP contribution in [0.1, 0.15) is 75.2 Å². The normalized spacial score (nSPS) is 19.8. The second-order valence-electron chi connectivity index (χ2n) is 13.6. The molecule has 0 unspecified atom stereocenters. The van der Waals surface area contributed by atoms with Gasteiger partial charge in [-0.1, -0.05) is 104 Å². The quantitative estimate of drug-likeness (QED) is 0.280. The maximum absolute atomic E-state index is 6.86. The van der Waals surface area contributed by atoms with Crippen LogP contribution in [0.4, 0.5) is 0 Å². The molecule has 0 aromatic heterocycles. The van der Waals surface area contributed by atoms with Gasteiger partial charge in [0.05, 0.1) is 8.07 Å². The third kappa shape index (κ3) is 7.03. The smallest absolute Gasteiger partial charge is 0.192 e.